The molecule has 1 atom stereocenters. The van der Waals surface area contributed by atoms with Crippen molar-refractivity contribution >= 4 is 26.5 Å². The third-order valence-electron chi connectivity index (χ3n) is 1.44. The summed E-state index contributed by atoms with van der Waals surface area (Å²) in [5.41, 5.74) is 0.977. The lowest BCUT2D eigenvalue weighted by atomic mass is 10.3. The monoisotopic (exact) mass is 215 g/mol. The van der Waals surface area contributed by atoms with E-state index in [0.717, 1.165) is 11.4 Å². The molecule has 4 heteroatoms. The molecule has 0 heterocycles. The molecule has 1 N–H and O–H groups in total. The molecular formula is C9H13NOS2. The lowest BCUT2D eigenvalue weighted by molar-refractivity contribution is 0.342. The van der Waals surface area contributed by atoms with Crippen LogP contribution in [0.25, 0.3) is 0 Å². The van der Waals surface area contributed by atoms with Crippen LogP contribution in [0.1, 0.15) is 6.92 Å². The molecule has 1 rings (SSSR count). The van der Waals surface area contributed by atoms with Gasteiger partial charge in [-0.05, 0) is 39.9 Å². The van der Waals surface area contributed by atoms with Gasteiger partial charge < -0.3 is 9.46 Å². The highest BCUT2D eigenvalue weighted by molar-refractivity contribution is 8.29. The first kappa shape index (κ1) is 10.5. The molecule has 0 aromatic heterocycles. The predicted molar refractivity (Wildman–Crippen MR) is 61.9 cm³/mol. The zero-order valence-corrected chi connectivity index (χ0v) is 9.37. The van der Waals surface area contributed by atoms with E-state index in [9.17, 15) is 0 Å². The van der Waals surface area contributed by atoms with Crippen molar-refractivity contribution in [2.24, 2.45) is 0 Å². The predicted octanol–water partition coefficient (Wildman–Crippen LogP) is 2.12. The Balaban J connectivity index is 2.84. The van der Waals surface area contributed by atoms with Gasteiger partial charge in [0, 0.05) is 6.26 Å². The van der Waals surface area contributed by atoms with E-state index in [1.165, 1.54) is 0 Å². The van der Waals surface area contributed by atoms with Crippen molar-refractivity contribution in [1.82, 2.24) is 0 Å². The highest BCUT2D eigenvalue weighted by atomic mass is 32.8. The molecule has 1 unspecified atom stereocenters. The highest BCUT2D eigenvalue weighted by Gasteiger charge is 2.00. The molecule has 0 saturated carbocycles. The molecule has 0 bridgehead atoms. The van der Waals surface area contributed by atoms with Gasteiger partial charge in [-0.25, -0.2) is 0 Å². The summed E-state index contributed by atoms with van der Waals surface area (Å²) in [7, 11) is -0.227. The van der Waals surface area contributed by atoms with Gasteiger partial charge in [-0.15, -0.1) is 0 Å². The van der Waals surface area contributed by atoms with Crippen LogP contribution in [0.3, 0.4) is 0 Å². The van der Waals surface area contributed by atoms with Gasteiger partial charge in [-0.1, -0.05) is 12.1 Å². The molecule has 0 aliphatic heterocycles. The Labute approximate surface area is 86.0 Å². The van der Waals surface area contributed by atoms with Crippen molar-refractivity contribution in [3.63, 3.8) is 0 Å². The van der Waals surface area contributed by atoms with Crippen molar-refractivity contribution in [2.75, 3.05) is 17.6 Å². The van der Waals surface area contributed by atoms with Crippen molar-refractivity contribution in [1.29, 1.82) is 0 Å². The summed E-state index contributed by atoms with van der Waals surface area (Å²) in [5.74, 6) is 0.870. The molecule has 0 fully saturated rings. The minimum Gasteiger partial charge on any atom is -0.492 e. The van der Waals surface area contributed by atoms with E-state index in [1.54, 1.807) is 0 Å². The van der Waals surface area contributed by atoms with Crippen LogP contribution in [0.4, 0.5) is 5.69 Å². The first-order valence-corrected chi connectivity index (χ1v) is 6.61. The molecular weight excluding hydrogens is 202 g/mol. The standard InChI is InChI=1S/C9H13NOS2/c1-3-11-9-7-5-4-6-8(9)10-13(2)12/h4-7,10H,3H2,1-2H3. The summed E-state index contributed by atoms with van der Waals surface area (Å²) in [4.78, 5) is 0. The summed E-state index contributed by atoms with van der Waals surface area (Å²) >= 11 is 5.07. The Morgan fingerprint density at radius 3 is 2.77 bits per heavy atom. The Kier molecular flexibility index (Phi) is 4.18. The third kappa shape index (κ3) is 3.32. The number of hydrogen-bond donors (Lipinski definition) is 1. The van der Waals surface area contributed by atoms with Crippen LogP contribution in [0.2, 0.25) is 0 Å². The van der Waals surface area contributed by atoms with Crippen molar-refractivity contribution in [3.05, 3.63) is 24.3 Å². The third-order valence-corrected chi connectivity index (χ3v) is 2.20. The van der Waals surface area contributed by atoms with Crippen molar-refractivity contribution in [2.45, 2.75) is 6.92 Å². The normalized spacial score (nSPS) is 12.2. The van der Waals surface area contributed by atoms with Crippen LogP contribution in [0.5, 0.6) is 5.75 Å². The lowest BCUT2D eigenvalue weighted by Gasteiger charge is -2.10. The zero-order chi connectivity index (χ0) is 9.68. The smallest absolute Gasteiger partial charge is 0.143 e. The van der Waals surface area contributed by atoms with Crippen LogP contribution in [0, 0.1) is 0 Å². The maximum atomic E-state index is 5.43. The number of ether oxygens (including phenoxy) is 1. The molecule has 0 spiro atoms. The largest absolute Gasteiger partial charge is 0.492 e. The van der Waals surface area contributed by atoms with Crippen LogP contribution in [-0.4, -0.2) is 12.9 Å². The average Bonchev–Trinajstić information content (AvgIpc) is 2.08. The van der Waals surface area contributed by atoms with Gasteiger partial charge in [0.2, 0.25) is 0 Å². The van der Waals surface area contributed by atoms with Crippen molar-refractivity contribution in [3.8, 4) is 5.75 Å². The Bertz CT molecular complexity index is 301. The quantitative estimate of drug-likeness (QED) is 0.831. The summed E-state index contributed by atoms with van der Waals surface area (Å²) in [6.07, 6.45) is 1.96. The molecule has 0 aliphatic carbocycles. The number of hydrogen-bond acceptors (Lipinski definition) is 2. The fourth-order valence-corrected chi connectivity index (χ4v) is 1.73. The number of benzene rings is 1. The molecule has 0 saturated heterocycles. The van der Waals surface area contributed by atoms with Crippen LogP contribution >= 0.6 is 0 Å². The minimum atomic E-state index is -0.227. The van der Waals surface area contributed by atoms with Crippen LogP contribution < -0.4 is 9.46 Å². The maximum absolute atomic E-state index is 5.43. The molecule has 0 aliphatic rings. The first-order valence-electron chi connectivity index (χ1n) is 4.06. The molecule has 13 heavy (non-hydrogen) atoms. The van der Waals surface area contributed by atoms with Gasteiger partial charge in [0.15, 0.2) is 0 Å². The number of rotatable bonds is 4. The van der Waals surface area contributed by atoms with E-state index in [1.807, 2.05) is 37.4 Å². The second-order valence-electron chi connectivity index (χ2n) is 2.49. The van der Waals surface area contributed by atoms with E-state index >= 15 is 0 Å². The molecule has 0 amide bonds. The SMILES string of the molecule is CCOc1ccccc1NS(C)=S. The molecule has 1 aromatic carbocycles. The Hall–Kier alpha value is -0.610. The number of nitrogens with one attached hydrogen (secondary N) is 1. The van der Waals surface area contributed by atoms with Gasteiger partial charge in [-0.3, -0.25) is 0 Å². The van der Waals surface area contributed by atoms with Gasteiger partial charge in [0.1, 0.15) is 5.75 Å². The first-order chi connectivity index (χ1) is 6.24. The van der Waals surface area contributed by atoms with E-state index < -0.39 is 0 Å². The number of anilines is 1. The summed E-state index contributed by atoms with van der Waals surface area (Å²) in [6, 6.07) is 7.83. The Morgan fingerprint density at radius 1 is 1.46 bits per heavy atom. The molecule has 0 radical (unpaired) electrons. The topological polar surface area (TPSA) is 21.3 Å². The van der Waals surface area contributed by atoms with Crippen molar-refractivity contribution < 1.29 is 4.74 Å². The van der Waals surface area contributed by atoms with Crippen LogP contribution in [0.15, 0.2) is 24.3 Å². The van der Waals surface area contributed by atoms with E-state index in [-0.39, 0.29) is 9.64 Å². The highest BCUT2D eigenvalue weighted by Crippen LogP contribution is 2.23. The summed E-state index contributed by atoms with van der Waals surface area (Å²) in [5, 5.41) is 0. The van der Waals surface area contributed by atoms with Gasteiger partial charge in [0.25, 0.3) is 0 Å². The summed E-state index contributed by atoms with van der Waals surface area (Å²) in [6.45, 7) is 2.64. The van der Waals surface area contributed by atoms with E-state index in [2.05, 4.69) is 4.72 Å². The average molecular weight is 215 g/mol. The molecule has 1 aromatic rings. The fraction of sp³-hybridized carbons (Fsp3) is 0.333. The maximum Gasteiger partial charge on any atom is 0.143 e. The fourth-order valence-electron chi connectivity index (χ4n) is 0.987. The number of para-hydroxylation sites is 2. The Morgan fingerprint density at radius 2 is 2.15 bits per heavy atom. The summed E-state index contributed by atoms with van der Waals surface area (Å²) < 4.78 is 8.61. The van der Waals surface area contributed by atoms with E-state index in [0.29, 0.717) is 6.61 Å². The minimum absolute atomic E-state index is 0.227. The van der Waals surface area contributed by atoms with Gasteiger partial charge in [0.05, 0.1) is 12.3 Å². The lowest BCUT2D eigenvalue weighted by Crippen LogP contribution is -2.02. The van der Waals surface area contributed by atoms with Gasteiger partial charge in [-0.2, -0.15) is 0 Å². The second-order valence-corrected chi connectivity index (χ2v) is 5.10. The van der Waals surface area contributed by atoms with Gasteiger partial charge >= 0.3 is 0 Å². The molecule has 2 nitrogen and oxygen atoms in total. The molecule has 72 valence electrons. The van der Waals surface area contributed by atoms with Crippen LogP contribution in [-0.2, 0) is 20.8 Å². The van der Waals surface area contributed by atoms with E-state index in [4.69, 9.17) is 15.9 Å². The second kappa shape index (κ2) is 5.19. The zero-order valence-electron chi connectivity index (χ0n) is 7.74.